The van der Waals surface area contributed by atoms with Crippen LogP contribution in [-0.2, 0) is 0 Å². The Kier molecular flexibility index (Phi) is 7.25. The minimum atomic E-state index is -2.89. The Morgan fingerprint density at radius 3 is 2.55 bits per heavy atom. The van der Waals surface area contributed by atoms with Crippen molar-refractivity contribution in [2.75, 3.05) is 19.8 Å². The predicted octanol–water partition coefficient (Wildman–Crippen LogP) is 2.72. The fourth-order valence-electron chi connectivity index (χ4n) is 1.97. The number of halogens is 2. The molecule has 1 unspecified atom stereocenters. The van der Waals surface area contributed by atoms with E-state index in [-0.39, 0.29) is 24.1 Å². The molecular weight excluding hydrogens is 268 g/mol. The molecule has 0 spiro atoms. The zero-order chi connectivity index (χ0) is 15.0. The maximum atomic E-state index is 12.3. The zero-order valence-electron chi connectivity index (χ0n) is 11.7. The number of benzene rings is 1. The van der Waals surface area contributed by atoms with Crippen LogP contribution in [0.3, 0.4) is 0 Å². The third-order valence-corrected chi connectivity index (χ3v) is 2.75. The van der Waals surface area contributed by atoms with E-state index in [2.05, 4.69) is 10.1 Å². The van der Waals surface area contributed by atoms with E-state index in [9.17, 15) is 8.78 Å². The van der Waals surface area contributed by atoms with E-state index in [0.717, 1.165) is 12.1 Å². The number of nitrogens with one attached hydrogen (secondary N) is 1. The van der Waals surface area contributed by atoms with Crippen molar-refractivity contribution in [2.45, 2.75) is 32.9 Å². The van der Waals surface area contributed by atoms with Gasteiger partial charge < -0.3 is 19.9 Å². The Hall–Kier alpha value is -1.40. The number of alkyl halides is 2. The van der Waals surface area contributed by atoms with Crippen LogP contribution < -0.4 is 14.8 Å². The third kappa shape index (κ3) is 4.94. The summed E-state index contributed by atoms with van der Waals surface area (Å²) in [4.78, 5) is 0. The fraction of sp³-hybridized carbons (Fsp3) is 0.571. The van der Waals surface area contributed by atoms with Gasteiger partial charge in [-0.25, -0.2) is 0 Å². The molecule has 1 aromatic rings. The minimum Gasteiger partial charge on any atom is -0.490 e. The average molecular weight is 289 g/mol. The Morgan fingerprint density at radius 1 is 1.25 bits per heavy atom. The number of hydrogen-bond donors (Lipinski definition) is 2. The van der Waals surface area contributed by atoms with Gasteiger partial charge in [0.25, 0.3) is 0 Å². The van der Waals surface area contributed by atoms with E-state index in [0.29, 0.717) is 13.0 Å². The lowest BCUT2D eigenvalue weighted by Crippen LogP contribution is -2.22. The van der Waals surface area contributed by atoms with Crippen LogP contribution in [0.4, 0.5) is 8.78 Å². The summed E-state index contributed by atoms with van der Waals surface area (Å²) in [5, 5.41) is 12.3. The smallest absolute Gasteiger partial charge is 0.387 e. The second-order valence-corrected chi connectivity index (χ2v) is 4.14. The number of aliphatic hydroxyl groups excluding tert-OH is 1. The fourth-order valence-corrected chi connectivity index (χ4v) is 1.97. The molecular formula is C14H21F2NO3. The van der Waals surface area contributed by atoms with Gasteiger partial charge in [-0.15, -0.1) is 0 Å². The normalized spacial score (nSPS) is 12.5. The topological polar surface area (TPSA) is 50.7 Å². The molecule has 0 amide bonds. The van der Waals surface area contributed by atoms with Gasteiger partial charge in [0.1, 0.15) is 0 Å². The molecule has 0 heterocycles. The zero-order valence-corrected chi connectivity index (χ0v) is 11.7. The van der Waals surface area contributed by atoms with Crippen LogP contribution in [0.5, 0.6) is 11.5 Å². The molecule has 0 aliphatic carbocycles. The first-order chi connectivity index (χ1) is 9.62. The second-order valence-electron chi connectivity index (χ2n) is 4.14. The molecule has 0 saturated heterocycles. The lowest BCUT2D eigenvalue weighted by molar-refractivity contribution is -0.0514. The van der Waals surface area contributed by atoms with Gasteiger partial charge in [0.05, 0.1) is 6.61 Å². The molecule has 0 radical (unpaired) electrons. The Morgan fingerprint density at radius 2 is 2.00 bits per heavy atom. The molecule has 114 valence electrons. The standard InChI is InChI=1S/C14H21F2NO3/c1-3-17-11(7-8-18)10-5-6-12(20-14(15)16)13(9-10)19-4-2/h5-6,9,11,14,17-18H,3-4,7-8H2,1-2H3. The van der Waals surface area contributed by atoms with Crippen LogP contribution in [0.25, 0.3) is 0 Å². The molecule has 4 nitrogen and oxygen atoms in total. The molecule has 1 aromatic carbocycles. The van der Waals surface area contributed by atoms with Gasteiger partial charge in [0, 0.05) is 12.6 Å². The predicted molar refractivity (Wildman–Crippen MR) is 72.4 cm³/mol. The Balaban J connectivity index is 3.00. The second kappa shape index (κ2) is 8.71. The molecule has 1 atom stereocenters. The van der Waals surface area contributed by atoms with Crippen molar-refractivity contribution >= 4 is 0 Å². The van der Waals surface area contributed by atoms with Crippen molar-refractivity contribution in [1.29, 1.82) is 0 Å². The summed E-state index contributed by atoms with van der Waals surface area (Å²) in [6, 6.07) is 4.78. The summed E-state index contributed by atoms with van der Waals surface area (Å²) in [6.07, 6.45) is 0.536. The van der Waals surface area contributed by atoms with Crippen LogP contribution in [-0.4, -0.2) is 31.5 Å². The van der Waals surface area contributed by atoms with Gasteiger partial charge in [-0.1, -0.05) is 13.0 Å². The van der Waals surface area contributed by atoms with Gasteiger partial charge in [0.2, 0.25) is 0 Å². The Labute approximate surface area is 117 Å². The summed E-state index contributed by atoms with van der Waals surface area (Å²) < 4.78 is 34.4. The first kappa shape index (κ1) is 16.7. The van der Waals surface area contributed by atoms with E-state index in [1.165, 1.54) is 6.07 Å². The van der Waals surface area contributed by atoms with E-state index in [1.807, 2.05) is 6.92 Å². The van der Waals surface area contributed by atoms with Crippen molar-refractivity contribution < 1.29 is 23.4 Å². The summed E-state index contributed by atoms with van der Waals surface area (Å²) in [5.41, 5.74) is 0.867. The molecule has 1 rings (SSSR count). The number of ether oxygens (including phenoxy) is 2. The van der Waals surface area contributed by atoms with E-state index in [4.69, 9.17) is 9.84 Å². The maximum Gasteiger partial charge on any atom is 0.387 e. The highest BCUT2D eigenvalue weighted by atomic mass is 19.3. The molecule has 0 saturated carbocycles. The van der Waals surface area contributed by atoms with E-state index < -0.39 is 6.61 Å². The highest BCUT2D eigenvalue weighted by molar-refractivity contribution is 5.44. The molecule has 0 aliphatic heterocycles. The first-order valence-electron chi connectivity index (χ1n) is 6.68. The van der Waals surface area contributed by atoms with Crippen molar-refractivity contribution in [3.05, 3.63) is 23.8 Å². The third-order valence-electron chi connectivity index (χ3n) is 2.75. The van der Waals surface area contributed by atoms with Crippen LogP contribution in [0.1, 0.15) is 31.9 Å². The highest BCUT2D eigenvalue weighted by Gasteiger charge is 2.15. The summed E-state index contributed by atoms with van der Waals surface area (Å²) in [5.74, 6) is 0.302. The molecule has 6 heteroatoms. The van der Waals surface area contributed by atoms with Crippen molar-refractivity contribution in [3.63, 3.8) is 0 Å². The monoisotopic (exact) mass is 289 g/mol. The largest absolute Gasteiger partial charge is 0.490 e. The average Bonchev–Trinajstić information content (AvgIpc) is 2.40. The molecule has 0 aromatic heterocycles. The van der Waals surface area contributed by atoms with Gasteiger partial charge in [-0.2, -0.15) is 8.78 Å². The SMILES string of the molecule is CCNC(CCO)c1ccc(OC(F)F)c(OCC)c1. The molecule has 2 N–H and O–H groups in total. The quantitative estimate of drug-likeness (QED) is 0.734. The van der Waals surface area contributed by atoms with Crippen LogP contribution in [0.15, 0.2) is 18.2 Å². The van der Waals surface area contributed by atoms with Crippen molar-refractivity contribution in [3.8, 4) is 11.5 Å². The number of aliphatic hydroxyl groups is 1. The maximum absolute atomic E-state index is 12.3. The van der Waals surface area contributed by atoms with E-state index in [1.54, 1.807) is 19.1 Å². The van der Waals surface area contributed by atoms with Gasteiger partial charge in [-0.05, 0) is 37.6 Å². The summed E-state index contributed by atoms with van der Waals surface area (Å²) in [6.45, 7) is 1.98. The van der Waals surface area contributed by atoms with Gasteiger partial charge in [0.15, 0.2) is 11.5 Å². The van der Waals surface area contributed by atoms with Gasteiger partial charge >= 0.3 is 6.61 Å². The summed E-state index contributed by atoms with van der Waals surface area (Å²) >= 11 is 0. The first-order valence-corrected chi connectivity index (χ1v) is 6.68. The molecule has 0 aliphatic rings. The Bertz CT molecular complexity index is 396. The van der Waals surface area contributed by atoms with Crippen LogP contribution in [0.2, 0.25) is 0 Å². The molecule has 0 bridgehead atoms. The highest BCUT2D eigenvalue weighted by Crippen LogP contribution is 2.32. The van der Waals surface area contributed by atoms with Crippen LogP contribution >= 0.6 is 0 Å². The van der Waals surface area contributed by atoms with Crippen molar-refractivity contribution in [2.24, 2.45) is 0 Å². The molecule has 0 fully saturated rings. The van der Waals surface area contributed by atoms with E-state index >= 15 is 0 Å². The number of hydrogen-bond acceptors (Lipinski definition) is 4. The minimum absolute atomic E-state index is 0.0184. The lowest BCUT2D eigenvalue weighted by Gasteiger charge is -2.19. The summed E-state index contributed by atoms with van der Waals surface area (Å²) in [7, 11) is 0. The number of rotatable bonds is 9. The van der Waals surface area contributed by atoms with Crippen LogP contribution in [0, 0.1) is 0 Å². The van der Waals surface area contributed by atoms with Crippen molar-refractivity contribution in [1.82, 2.24) is 5.32 Å². The molecule has 20 heavy (non-hydrogen) atoms. The lowest BCUT2D eigenvalue weighted by atomic mass is 10.0. The van der Waals surface area contributed by atoms with Gasteiger partial charge in [-0.3, -0.25) is 0 Å².